The molecule has 1 heterocycles. The van der Waals surface area contributed by atoms with Crippen molar-refractivity contribution < 1.29 is 23.8 Å². The zero-order valence-corrected chi connectivity index (χ0v) is 16.7. The van der Waals surface area contributed by atoms with Crippen molar-refractivity contribution in [3.05, 3.63) is 42.5 Å². The summed E-state index contributed by atoms with van der Waals surface area (Å²) in [5.74, 6) is 1.24. The van der Waals surface area contributed by atoms with Crippen LogP contribution in [0.25, 0.3) is 0 Å². The third-order valence-electron chi connectivity index (χ3n) is 4.84. The van der Waals surface area contributed by atoms with Crippen LogP contribution in [-0.4, -0.2) is 50.8 Å². The Labute approximate surface area is 169 Å². The van der Waals surface area contributed by atoms with Gasteiger partial charge in [-0.15, -0.1) is 0 Å². The number of rotatable bonds is 6. The highest BCUT2D eigenvalue weighted by molar-refractivity contribution is 6.01. The summed E-state index contributed by atoms with van der Waals surface area (Å²) < 4.78 is 15.9. The number of anilines is 2. The second-order valence-corrected chi connectivity index (χ2v) is 6.51. The van der Waals surface area contributed by atoms with E-state index < -0.39 is 6.04 Å². The molecule has 1 saturated heterocycles. The van der Waals surface area contributed by atoms with E-state index in [0.29, 0.717) is 41.6 Å². The summed E-state index contributed by atoms with van der Waals surface area (Å²) in [5, 5.41) is 5.69. The van der Waals surface area contributed by atoms with Gasteiger partial charge in [-0.05, 0) is 37.1 Å². The average molecular weight is 399 g/mol. The molecule has 8 nitrogen and oxygen atoms in total. The van der Waals surface area contributed by atoms with Gasteiger partial charge in [0.05, 0.1) is 27.0 Å². The minimum Gasteiger partial charge on any atom is -0.495 e. The van der Waals surface area contributed by atoms with E-state index >= 15 is 0 Å². The summed E-state index contributed by atoms with van der Waals surface area (Å²) in [6, 6.07) is 11.4. The quantitative estimate of drug-likeness (QED) is 0.778. The van der Waals surface area contributed by atoms with Crippen LogP contribution in [0.1, 0.15) is 12.8 Å². The molecule has 1 fully saturated rings. The molecule has 2 aromatic rings. The number of nitrogens with zero attached hydrogens (tertiary/aromatic N) is 1. The number of para-hydroxylation sites is 3. The van der Waals surface area contributed by atoms with Gasteiger partial charge in [0.2, 0.25) is 5.91 Å². The number of ether oxygens (including phenoxy) is 3. The molecule has 1 unspecified atom stereocenters. The normalized spacial score (nSPS) is 15.6. The van der Waals surface area contributed by atoms with Crippen molar-refractivity contribution in [3.8, 4) is 17.2 Å². The van der Waals surface area contributed by atoms with E-state index in [-0.39, 0.29) is 11.9 Å². The average Bonchev–Trinajstić information content (AvgIpc) is 3.24. The van der Waals surface area contributed by atoms with Crippen LogP contribution in [0.2, 0.25) is 0 Å². The molecular formula is C21H25N3O5. The predicted octanol–water partition coefficient (Wildman–Crippen LogP) is 3.35. The van der Waals surface area contributed by atoms with Crippen LogP contribution < -0.4 is 24.8 Å². The molecule has 3 rings (SSSR count). The first-order chi connectivity index (χ1) is 14.1. The molecule has 0 bridgehead atoms. The SMILES string of the molecule is COc1ccccc1NC(=O)N1CCCC1C(=O)Nc1c(OC)cccc1OC. The third kappa shape index (κ3) is 4.37. The summed E-state index contributed by atoms with van der Waals surface area (Å²) in [6.45, 7) is 0.488. The van der Waals surface area contributed by atoms with Gasteiger partial charge >= 0.3 is 6.03 Å². The van der Waals surface area contributed by atoms with Crippen molar-refractivity contribution in [2.24, 2.45) is 0 Å². The molecule has 1 aliphatic heterocycles. The van der Waals surface area contributed by atoms with E-state index in [2.05, 4.69) is 10.6 Å². The Morgan fingerprint density at radius 3 is 2.17 bits per heavy atom. The lowest BCUT2D eigenvalue weighted by Gasteiger charge is -2.25. The van der Waals surface area contributed by atoms with E-state index in [1.165, 1.54) is 26.2 Å². The van der Waals surface area contributed by atoms with Crippen molar-refractivity contribution >= 4 is 23.3 Å². The maximum Gasteiger partial charge on any atom is 0.322 e. The Kier molecular flexibility index (Phi) is 6.43. The number of benzene rings is 2. The lowest BCUT2D eigenvalue weighted by Crippen LogP contribution is -2.45. The Hall–Kier alpha value is -3.42. The van der Waals surface area contributed by atoms with E-state index in [1.54, 1.807) is 36.4 Å². The van der Waals surface area contributed by atoms with Gasteiger partial charge < -0.3 is 29.7 Å². The number of urea groups is 1. The minimum absolute atomic E-state index is 0.291. The van der Waals surface area contributed by atoms with Crippen molar-refractivity contribution in [1.29, 1.82) is 0 Å². The van der Waals surface area contributed by atoms with Gasteiger partial charge in [-0.3, -0.25) is 4.79 Å². The van der Waals surface area contributed by atoms with Crippen LogP contribution in [0.15, 0.2) is 42.5 Å². The van der Waals surface area contributed by atoms with Crippen LogP contribution in [0, 0.1) is 0 Å². The smallest absolute Gasteiger partial charge is 0.322 e. The highest BCUT2D eigenvalue weighted by Gasteiger charge is 2.35. The van der Waals surface area contributed by atoms with Crippen molar-refractivity contribution in [2.75, 3.05) is 38.5 Å². The zero-order valence-electron chi connectivity index (χ0n) is 16.7. The number of carbonyl (C=O) groups excluding carboxylic acids is 2. The first kappa shape index (κ1) is 20.3. The molecule has 0 aromatic heterocycles. The third-order valence-corrected chi connectivity index (χ3v) is 4.84. The highest BCUT2D eigenvalue weighted by Crippen LogP contribution is 2.35. The number of nitrogens with one attached hydrogen (secondary N) is 2. The number of methoxy groups -OCH3 is 3. The number of amides is 3. The molecule has 8 heteroatoms. The number of hydrogen-bond acceptors (Lipinski definition) is 5. The lowest BCUT2D eigenvalue weighted by atomic mass is 10.2. The molecule has 2 aromatic carbocycles. The Balaban J connectivity index is 1.75. The molecular weight excluding hydrogens is 374 g/mol. The molecule has 0 aliphatic carbocycles. The Morgan fingerprint density at radius 2 is 1.52 bits per heavy atom. The molecule has 1 aliphatic rings. The van der Waals surface area contributed by atoms with Crippen LogP contribution in [0.5, 0.6) is 17.2 Å². The van der Waals surface area contributed by atoms with Crippen molar-refractivity contribution in [2.45, 2.75) is 18.9 Å². The second kappa shape index (κ2) is 9.18. The van der Waals surface area contributed by atoms with Crippen molar-refractivity contribution in [1.82, 2.24) is 4.90 Å². The van der Waals surface area contributed by atoms with Gasteiger partial charge in [0.1, 0.15) is 29.0 Å². The van der Waals surface area contributed by atoms with Crippen molar-refractivity contribution in [3.63, 3.8) is 0 Å². The van der Waals surface area contributed by atoms with Gasteiger partial charge in [0.25, 0.3) is 0 Å². The fourth-order valence-corrected chi connectivity index (χ4v) is 3.40. The molecule has 2 N–H and O–H groups in total. The molecule has 0 radical (unpaired) electrons. The minimum atomic E-state index is -0.598. The van der Waals surface area contributed by atoms with Crippen LogP contribution >= 0.6 is 0 Å². The number of hydrogen-bond donors (Lipinski definition) is 2. The zero-order chi connectivity index (χ0) is 20.8. The lowest BCUT2D eigenvalue weighted by molar-refractivity contribution is -0.119. The van der Waals surface area contributed by atoms with Crippen LogP contribution in [0.4, 0.5) is 16.2 Å². The first-order valence-electron chi connectivity index (χ1n) is 9.31. The highest BCUT2D eigenvalue weighted by atomic mass is 16.5. The summed E-state index contributed by atoms with van der Waals surface area (Å²) in [7, 11) is 4.58. The van der Waals surface area contributed by atoms with Gasteiger partial charge in [-0.25, -0.2) is 4.79 Å². The first-order valence-corrected chi connectivity index (χ1v) is 9.31. The maximum absolute atomic E-state index is 13.0. The van der Waals surface area contributed by atoms with Gasteiger partial charge in [-0.1, -0.05) is 18.2 Å². The predicted molar refractivity (Wildman–Crippen MR) is 110 cm³/mol. The van der Waals surface area contributed by atoms with Crippen LogP contribution in [0.3, 0.4) is 0 Å². The molecule has 29 heavy (non-hydrogen) atoms. The second-order valence-electron chi connectivity index (χ2n) is 6.51. The van der Waals surface area contributed by atoms with E-state index in [0.717, 1.165) is 6.42 Å². The summed E-state index contributed by atoms with van der Waals surface area (Å²) in [4.78, 5) is 27.3. The Morgan fingerprint density at radius 1 is 0.897 bits per heavy atom. The maximum atomic E-state index is 13.0. The fourth-order valence-electron chi connectivity index (χ4n) is 3.40. The van der Waals surface area contributed by atoms with Gasteiger partial charge in [0, 0.05) is 6.54 Å². The van der Waals surface area contributed by atoms with Gasteiger partial charge in [0.15, 0.2) is 0 Å². The van der Waals surface area contributed by atoms with Gasteiger partial charge in [-0.2, -0.15) is 0 Å². The number of likely N-dealkylation sites (tertiary alicyclic amines) is 1. The topological polar surface area (TPSA) is 89.1 Å². The largest absolute Gasteiger partial charge is 0.495 e. The standard InChI is InChI=1S/C21H25N3O5/c1-27-16-10-5-4-8-14(16)22-21(26)24-13-7-9-15(24)20(25)23-19-17(28-2)11-6-12-18(19)29-3/h4-6,8,10-12,15H,7,9,13H2,1-3H3,(H,22,26)(H,23,25). The molecule has 0 spiro atoms. The summed E-state index contributed by atoms with van der Waals surface area (Å²) in [5.41, 5.74) is 0.997. The molecule has 154 valence electrons. The van der Waals surface area contributed by atoms with E-state index in [4.69, 9.17) is 14.2 Å². The summed E-state index contributed by atoms with van der Waals surface area (Å²) >= 11 is 0. The summed E-state index contributed by atoms with van der Waals surface area (Å²) in [6.07, 6.45) is 1.31. The fraction of sp³-hybridized carbons (Fsp3) is 0.333. The monoisotopic (exact) mass is 399 g/mol. The molecule has 1 atom stereocenters. The number of carbonyl (C=O) groups is 2. The Bertz CT molecular complexity index is 864. The van der Waals surface area contributed by atoms with E-state index in [1.807, 2.05) is 6.07 Å². The molecule has 3 amide bonds. The van der Waals surface area contributed by atoms with E-state index in [9.17, 15) is 9.59 Å². The molecule has 0 saturated carbocycles. The van der Waals surface area contributed by atoms with Crippen LogP contribution in [-0.2, 0) is 4.79 Å².